The van der Waals surface area contributed by atoms with E-state index in [4.69, 9.17) is 10.5 Å². The van der Waals surface area contributed by atoms with Crippen LogP contribution in [0.4, 0.5) is 5.69 Å². The van der Waals surface area contributed by atoms with Gasteiger partial charge in [0.2, 0.25) is 5.88 Å². The highest BCUT2D eigenvalue weighted by Crippen LogP contribution is 2.27. The Labute approximate surface area is 91.7 Å². The molecule has 0 aliphatic carbocycles. The highest BCUT2D eigenvalue weighted by Gasteiger charge is 2.16. The second-order valence-corrected chi connectivity index (χ2v) is 5.03. The van der Waals surface area contributed by atoms with E-state index >= 15 is 0 Å². The predicted octanol–water partition coefficient (Wildman–Crippen LogP) is 2.75. The molecule has 1 aromatic rings. The molecule has 0 amide bonds. The monoisotopic (exact) mass is 208 g/mol. The van der Waals surface area contributed by atoms with E-state index in [-0.39, 0.29) is 11.5 Å². The Hall–Kier alpha value is -1.25. The average Bonchev–Trinajstić information content (AvgIpc) is 2.05. The molecular formula is C12H20N2O. The lowest BCUT2D eigenvalue weighted by Crippen LogP contribution is -2.14. The average molecular weight is 208 g/mol. The molecule has 3 nitrogen and oxygen atoms in total. The predicted molar refractivity (Wildman–Crippen MR) is 63.1 cm³/mol. The Morgan fingerprint density at radius 1 is 1.33 bits per heavy atom. The van der Waals surface area contributed by atoms with Gasteiger partial charge in [0.05, 0.1) is 11.8 Å². The number of anilines is 1. The molecule has 0 unspecified atom stereocenters. The molecule has 1 rings (SSSR count). The minimum Gasteiger partial charge on any atom is -0.473 e. The zero-order valence-electron chi connectivity index (χ0n) is 10.2. The molecule has 0 spiro atoms. The first kappa shape index (κ1) is 11.8. The number of rotatable bonds is 2. The van der Waals surface area contributed by atoms with Crippen LogP contribution in [0.25, 0.3) is 0 Å². The van der Waals surface area contributed by atoms with Crippen LogP contribution in [0.2, 0.25) is 0 Å². The summed E-state index contributed by atoms with van der Waals surface area (Å²) in [5.74, 6) is 0.526. The Balaban J connectivity index is 2.98. The molecule has 3 heteroatoms. The number of ether oxygens (including phenoxy) is 1. The summed E-state index contributed by atoms with van der Waals surface area (Å²) in [5.41, 5.74) is 7.67. The zero-order valence-corrected chi connectivity index (χ0v) is 10.2. The van der Waals surface area contributed by atoms with Gasteiger partial charge in [0, 0.05) is 6.20 Å². The number of nitrogens with two attached hydrogens (primary N) is 1. The summed E-state index contributed by atoms with van der Waals surface area (Å²) in [5, 5.41) is 0. The summed E-state index contributed by atoms with van der Waals surface area (Å²) in [4.78, 5) is 4.24. The van der Waals surface area contributed by atoms with Gasteiger partial charge < -0.3 is 10.5 Å². The lowest BCUT2D eigenvalue weighted by atomic mass is 9.88. The fraction of sp³-hybridized carbons (Fsp3) is 0.583. The van der Waals surface area contributed by atoms with E-state index in [1.165, 1.54) is 0 Å². The van der Waals surface area contributed by atoms with E-state index in [0.29, 0.717) is 11.6 Å². The summed E-state index contributed by atoms with van der Waals surface area (Å²) in [6.07, 6.45) is 1.92. The molecule has 0 saturated carbocycles. The second kappa shape index (κ2) is 4.09. The van der Waals surface area contributed by atoms with Crippen LogP contribution in [-0.2, 0) is 5.41 Å². The fourth-order valence-corrected chi connectivity index (χ4v) is 1.20. The van der Waals surface area contributed by atoms with Crippen molar-refractivity contribution in [2.24, 2.45) is 0 Å². The molecule has 1 heterocycles. The number of pyridine rings is 1. The van der Waals surface area contributed by atoms with Crippen molar-refractivity contribution < 1.29 is 4.74 Å². The molecule has 0 bridgehead atoms. The van der Waals surface area contributed by atoms with E-state index in [1.54, 1.807) is 0 Å². The third kappa shape index (κ3) is 3.11. The maximum Gasteiger partial charge on any atom is 0.237 e. The van der Waals surface area contributed by atoms with Gasteiger partial charge in [0.1, 0.15) is 0 Å². The van der Waals surface area contributed by atoms with Crippen molar-refractivity contribution in [1.29, 1.82) is 0 Å². The molecule has 0 saturated heterocycles. The highest BCUT2D eigenvalue weighted by atomic mass is 16.5. The van der Waals surface area contributed by atoms with Crippen molar-refractivity contribution in [3.8, 4) is 5.88 Å². The Kier molecular flexibility index (Phi) is 3.22. The molecule has 0 radical (unpaired) electrons. The Bertz CT molecular complexity index is 340. The molecule has 15 heavy (non-hydrogen) atoms. The summed E-state index contributed by atoms with van der Waals surface area (Å²) in [6, 6.07) is 1.94. The number of nitrogens with zero attached hydrogens (tertiary/aromatic N) is 1. The first-order chi connectivity index (χ1) is 6.80. The van der Waals surface area contributed by atoms with Gasteiger partial charge in [-0.15, -0.1) is 0 Å². The molecule has 0 aliphatic heterocycles. The molecular weight excluding hydrogens is 188 g/mol. The minimum atomic E-state index is 0.0669. The highest BCUT2D eigenvalue weighted by molar-refractivity contribution is 5.50. The molecule has 2 N–H and O–H groups in total. The third-order valence-electron chi connectivity index (χ3n) is 2.09. The number of hydrogen-bond donors (Lipinski definition) is 1. The number of nitrogen functional groups attached to an aromatic ring is 1. The first-order valence-corrected chi connectivity index (χ1v) is 5.23. The van der Waals surface area contributed by atoms with Crippen molar-refractivity contribution in [3.05, 3.63) is 17.8 Å². The van der Waals surface area contributed by atoms with Crippen molar-refractivity contribution in [2.75, 3.05) is 5.73 Å². The van der Waals surface area contributed by atoms with Crippen LogP contribution in [0.1, 0.15) is 40.2 Å². The Morgan fingerprint density at radius 3 is 2.33 bits per heavy atom. The van der Waals surface area contributed by atoms with Crippen LogP contribution in [0.3, 0.4) is 0 Å². The van der Waals surface area contributed by atoms with E-state index < -0.39 is 0 Å². The first-order valence-electron chi connectivity index (χ1n) is 5.23. The lowest BCUT2D eigenvalue weighted by molar-refractivity contribution is 0.234. The van der Waals surface area contributed by atoms with Crippen LogP contribution >= 0.6 is 0 Å². The summed E-state index contributed by atoms with van der Waals surface area (Å²) >= 11 is 0. The van der Waals surface area contributed by atoms with Crippen LogP contribution < -0.4 is 10.5 Å². The molecule has 0 aliphatic rings. The van der Waals surface area contributed by atoms with Crippen LogP contribution in [0.15, 0.2) is 12.3 Å². The van der Waals surface area contributed by atoms with E-state index in [0.717, 1.165) is 5.56 Å². The number of aromatic nitrogens is 1. The maximum absolute atomic E-state index is 5.88. The van der Waals surface area contributed by atoms with Gasteiger partial charge in [0.25, 0.3) is 0 Å². The largest absolute Gasteiger partial charge is 0.473 e. The van der Waals surface area contributed by atoms with Crippen LogP contribution in [0, 0.1) is 0 Å². The maximum atomic E-state index is 5.88. The van der Waals surface area contributed by atoms with Gasteiger partial charge in [-0.05, 0) is 30.9 Å². The Morgan fingerprint density at radius 2 is 1.93 bits per heavy atom. The summed E-state index contributed by atoms with van der Waals surface area (Å²) in [6.45, 7) is 10.3. The second-order valence-electron chi connectivity index (χ2n) is 5.03. The molecule has 84 valence electrons. The van der Waals surface area contributed by atoms with E-state index in [1.807, 2.05) is 26.1 Å². The van der Waals surface area contributed by atoms with E-state index in [2.05, 4.69) is 25.8 Å². The minimum absolute atomic E-state index is 0.0669. The molecule has 0 fully saturated rings. The van der Waals surface area contributed by atoms with E-state index in [9.17, 15) is 0 Å². The van der Waals surface area contributed by atoms with Crippen molar-refractivity contribution >= 4 is 5.69 Å². The molecule has 1 aromatic heterocycles. The quantitative estimate of drug-likeness (QED) is 0.813. The smallest absolute Gasteiger partial charge is 0.237 e. The van der Waals surface area contributed by atoms with Gasteiger partial charge in [0.15, 0.2) is 0 Å². The standard InChI is InChI=1S/C12H20N2O/c1-8(2)15-11-10(13)6-9(7-14-11)12(3,4)5/h6-8H,13H2,1-5H3. The zero-order chi connectivity index (χ0) is 11.6. The lowest BCUT2D eigenvalue weighted by Gasteiger charge is -2.20. The third-order valence-corrected chi connectivity index (χ3v) is 2.09. The van der Waals surface area contributed by atoms with Gasteiger partial charge in [-0.1, -0.05) is 20.8 Å². The van der Waals surface area contributed by atoms with Gasteiger partial charge in [-0.3, -0.25) is 0 Å². The van der Waals surface area contributed by atoms with Gasteiger partial charge >= 0.3 is 0 Å². The SMILES string of the molecule is CC(C)Oc1ncc(C(C)(C)C)cc1N. The van der Waals surface area contributed by atoms with Crippen LogP contribution in [0.5, 0.6) is 5.88 Å². The van der Waals surface area contributed by atoms with Crippen molar-refractivity contribution in [3.63, 3.8) is 0 Å². The summed E-state index contributed by atoms with van der Waals surface area (Å²) < 4.78 is 5.48. The molecule has 0 aromatic carbocycles. The normalized spacial score (nSPS) is 11.9. The molecule has 0 atom stereocenters. The van der Waals surface area contributed by atoms with Gasteiger partial charge in [-0.25, -0.2) is 4.98 Å². The van der Waals surface area contributed by atoms with Crippen LogP contribution in [-0.4, -0.2) is 11.1 Å². The van der Waals surface area contributed by atoms with Crippen molar-refractivity contribution in [2.45, 2.75) is 46.1 Å². The number of hydrogen-bond acceptors (Lipinski definition) is 3. The topological polar surface area (TPSA) is 48.1 Å². The summed E-state index contributed by atoms with van der Waals surface area (Å²) in [7, 11) is 0. The fourth-order valence-electron chi connectivity index (χ4n) is 1.20. The van der Waals surface area contributed by atoms with Crippen molar-refractivity contribution in [1.82, 2.24) is 4.98 Å². The van der Waals surface area contributed by atoms with Gasteiger partial charge in [-0.2, -0.15) is 0 Å².